The van der Waals surface area contributed by atoms with Gasteiger partial charge >= 0.3 is 5.97 Å². The lowest BCUT2D eigenvalue weighted by Crippen LogP contribution is -2.25. The zero-order valence-corrected chi connectivity index (χ0v) is 13.0. The normalized spacial score (nSPS) is 15.2. The van der Waals surface area contributed by atoms with Gasteiger partial charge < -0.3 is 19.9 Å². The maximum absolute atomic E-state index is 12.3. The second kappa shape index (κ2) is 6.98. The first-order valence-corrected chi connectivity index (χ1v) is 7.29. The molecule has 2 N–H and O–H groups in total. The zero-order chi connectivity index (χ0) is 16.2. The van der Waals surface area contributed by atoms with Crippen molar-refractivity contribution in [2.24, 2.45) is 5.41 Å². The highest BCUT2D eigenvalue weighted by Crippen LogP contribution is 2.49. The molecule has 0 radical (unpaired) electrons. The van der Waals surface area contributed by atoms with Crippen molar-refractivity contribution < 1.29 is 24.2 Å². The molecule has 1 aromatic rings. The number of amides is 1. The van der Waals surface area contributed by atoms with Crippen LogP contribution in [0.15, 0.2) is 18.2 Å². The highest BCUT2D eigenvalue weighted by molar-refractivity contribution is 6.32. The van der Waals surface area contributed by atoms with Crippen LogP contribution in [0.3, 0.4) is 0 Å². The summed E-state index contributed by atoms with van der Waals surface area (Å²) in [7, 11) is 1.61. The summed E-state index contributed by atoms with van der Waals surface area (Å²) in [5, 5.41) is 11.7. The van der Waals surface area contributed by atoms with E-state index in [0.717, 1.165) is 12.8 Å². The maximum atomic E-state index is 12.3. The van der Waals surface area contributed by atoms with E-state index in [1.165, 1.54) is 6.07 Å². The summed E-state index contributed by atoms with van der Waals surface area (Å²) in [4.78, 5) is 22.8. The summed E-state index contributed by atoms with van der Waals surface area (Å²) < 4.78 is 10.1. The molecule has 2 rings (SSSR count). The van der Waals surface area contributed by atoms with E-state index >= 15 is 0 Å². The molecule has 0 aliphatic heterocycles. The maximum Gasteiger partial charge on any atom is 0.341 e. The van der Waals surface area contributed by atoms with E-state index in [1.807, 2.05) is 0 Å². The van der Waals surface area contributed by atoms with Crippen LogP contribution in [-0.4, -0.2) is 37.3 Å². The molecule has 0 saturated heterocycles. The standard InChI is InChI=1S/C15H18ClNO5/c1-21-7-6-15(4-5-15)14(20)17-10-2-3-12(11(16)8-10)22-9-13(18)19/h2-3,8H,4-7,9H2,1H3,(H,17,20)(H,18,19). The van der Waals surface area contributed by atoms with Gasteiger partial charge in [-0.3, -0.25) is 4.79 Å². The van der Waals surface area contributed by atoms with Crippen LogP contribution in [0.25, 0.3) is 0 Å². The SMILES string of the molecule is COCCC1(C(=O)Nc2ccc(OCC(=O)O)c(Cl)c2)CC1. The van der Waals surface area contributed by atoms with Crippen LogP contribution < -0.4 is 10.1 Å². The van der Waals surface area contributed by atoms with Gasteiger partial charge in [0.05, 0.1) is 10.4 Å². The van der Waals surface area contributed by atoms with E-state index in [9.17, 15) is 9.59 Å². The second-order valence-corrected chi connectivity index (χ2v) is 5.71. The minimum atomic E-state index is -1.08. The lowest BCUT2D eigenvalue weighted by Gasteiger charge is -2.15. The van der Waals surface area contributed by atoms with Gasteiger partial charge in [0, 0.05) is 19.4 Å². The number of aliphatic carboxylic acids is 1. The van der Waals surface area contributed by atoms with Gasteiger partial charge in [-0.05, 0) is 37.5 Å². The molecule has 1 aromatic carbocycles. The van der Waals surface area contributed by atoms with Gasteiger partial charge in [0.2, 0.25) is 5.91 Å². The Morgan fingerprint density at radius 1 is 1.41 bits per heavy atom. The number of nitrogens with one attached hydrogen (secondary N) is 1. The Labute approximate surface area is 133 Å². The van der Waals surface area contributed by atoms with Crippen molar-refractivity contribution >= 4 is 29.2 Å². The fraction of sp³-hybridized carbons (Fsp3) is 0.467. The van der Waals surface area contributed by atoms with Crippen molar-refractivity contribution in [1.29, 1.82) is 0 Å². The molecule has 0 heterocycles. The predicted octanol–water partition coefficient (Wildman–Crippen LogP) is 2.56. The van der Waals surface area contributed by atoms with Crippen molar-refractivity contribution in [2.45, 2.75) is 19.3 Å². The third-order valence-electron chi connectivity index (χ3n) is 3.66. The van der Waals surface area contributed by atoms with Crippen molar-refractivity contribution in [3.8, 4) is 5.75 Å². The molecule has 0 atom stereocenters. The molecule has 7 heteroatoms. The molecule has 1 fully saturated rings. The largest absolute Gasteiger partial charge is 0.480 e. The number of carboxylic acids is 1. The third-order valence-corrected chi connectivity index (χ3v) is 3.96. The molecule has 0 spiro atoms. The van der Waals surface area contributed by atoms with Gasteiger partial charge in [0.15, 0.2) is 6.61 Å². The smallest absolute Gasteiger partial charge is 0.341 e. The van der Waals surface area contributed by atoms with Crippen LogP contribution in [0, 0.1) is 5.41 Å². The summed E-state index contributed by atoms with van der Waals surface area (Å²) in [5.74, 6) is -0.857. The fourth-order valence-electron chi connectivity index (χ4n) is 2.14. The highest BCUT2D eigenvalue weighted by atomic mass is 35.5. The molecule has 0 aromatic heterocycles. The number of rotatable bonds is 8. The lowest BCUT2D eigenvalue weighted by atomic mass is 10.0. The number of hydrogen-bond acceptors (Lipinski definition) is 4. The summed E-state index contributed by atoms with van der Waals surface area (Å²) >= 11 is 6.02. The first kappa shape index (κ1) is 16.6. The molecule has 22 heavy (non-hydrogen) atoms. The van der Waals surface area contributed by atoms with Gasteiger partial charge in [-0.25, -0.2) is 4.79 Å². The number of methoxy groups -OCH3 is 1. The first-order chi connectivity index (χ1) is 10.5. The van der Waals surface area contributed by atoms with Crippen LogP contribution in [0.4, 0.5) is 5.69 Å². The van der Waals surface area contributed by atoms with Gasteiger partial charge in [0.25, 0.3) is 0 Å². The molecule has 1 saturated carbocycles. The number of carboxylic acid groups (broad SMARTS) is 1. The van der Waals surface area contributed by atoms with Gasteiger partial charge in [-0.15, -0.1) is 0 Å². The number of hydrogen-bond donors (Lipinski definition) is 2. The summed E-state index contributed by atoms with van der Waals surface area (Å²) in [6.07, 6.45) is 2.41. The van der Waals surface area contributed by atoms with E-state index in [-0.39, 0.29) is 22.1 Å². The number of carbonyl (C=O) groups excluding carboxylic acids is 1. The lowest BCUT2D eigenvalue weighted by molar-refractivity contribution is -0.139. The molecular weight excluding hydrogens is 310 g/mol. The quantitative estimate of drug-likeness (QED) is 0.766. The van der Waals surface area contributed by atoms with Crippen molar-refractivity contribution in [2.75, 3.05) is 25.6 Å². The Morgan fingerprint density at radius 2 is 2.14 bits per heavy atom. The first-order valence-electron chi connectivity index (χ1n) is 6.91. The van der Waals surface area contributed by atoms with Crippen LogP contribution in [0.1, 0.15) is 19.3 Å². The molecule has 0 bridgehead atoms. The summed E-state index contributed by atoms with van der Waals surface area (Å²) in [6.45, 7) is 0.0850. The summed E-state index contributed by atoms with van der Waals surface area (Å²) in [5.41, 5.74) is 0.224. The number of carbonyl (C=O) groups is 2. The minimum Gasteiger partial charge on any atom is -0.480 e. The third kappa shape index (κ3) is 4.11. The minimum absolute atomic E-state index is 0.0418. The Balaban J connectivity index is 1.97. The average Bonchev–Trinajstić information content (AvgIpc) is 3.25. The van der Waals surface area contributed by atoms with Crippen molar-refractivity contribution in [1.82, 2.24) is 0 Å². The topological polar surface area (TPSA) is 84.9 Å². The number of anilines is 1. The number of halogens is 1. The summed E-state index contributed by atoms with van der Waals surface area (Å²) in [6, 6.07) is 4.71. The fourth-order valence-corrected chi connectivity index (χ4v) is 2.37. The Bertz CT molecular complexity index is 571. The van der Waals surface area contributed by atoms with E-state index < -0.39 is 12.6 Å². The van der Waals surface area contributed by atoms with Crippen LogP contribution in [0.5, 0.6) is 5.75 Å². The number of benzene rings is 1. The van der Waals surface area contributed by atoms with Crippen molar-refractivity contribution in [3.63, 3.8) is 0 Å². The van der Waals surface area contributed by atoms with Crippen molar-refractivity contribution in [3.05, 3.63) is 23.2 Å². The van der Waals surface area contributed by atoms with Gasteiger partial charge in [0.1, 0.15) is 5.75 Å². The Morgan fingerprint density at radius 3 is 2.68 bits per heavy atom. The zero-order valence-electron chi connectivity index (χ0n) is 12.2. The van der Waals surface area contributed by atoms with Crippen LogP contribution >= 0.6 is 11.6 Å². The molecule has 0 unspecified atom stereocenters. The molecule has 1 amide bonds. The molecular formula is C15H18ClNO5. The van der Waals surface area contributed by atoms with Crippen LogP contribution in [-0.2, 0) is 14.3 Å². The van der Waals surface area contributed by atoms with E-state index in [4.69, 9.17) is 26.2 Å². The Hall–Kier alpha value is -1.79. The molecule has 120 valence electrons. The molecule has 1 aliphatic rings. The molecule has 6 nitrogen and oxygen atoms in total. The van der Waals surface area contributed by atoms with Gasteiger partial charge in [-0.1, -0.05) is 11.6 Å². The Kier molecular flexibility index (Phi) is 5.26. The molecule has 1 aliphatic carbocycles. The van der Waals surface area contributed by atoms with Crippen LogP contribution in [0.2, 0.25) is 5.02 Å². The van der Waals surface area contributed by atoms with E-state index in [0.29, 0.717) is 18.7 Å². The van der Waals surface area contributed by atoms with Gasteiger partial charge in [-0.2, -0.15) is 0 Å². The van der Waals surface area contributed by atoms with E-state index in [2.05, 4.69) is 5.32 Å². The monoisotopic (exact) mass is 327 g/mol. The average molecular weight is 328 g/mol. The highest BCUT2D eigenvalue weighted by Gasteiger charge is 2.49. The number of ether oxygens (including phenoxy) is 2. The predicted molar refractivity (Wildman–Crippen MR) is 81.4 cm³/mol. The second-order valence-electron chi connectivity index (χ2n) is 5.30. The van der Waals surface area contributed by atoms with E-state index in [1.54, 1.807) is 19.2 Å².